The molecule has 0 saturated carbocycles. The SMILES string of the molecule is CC(=O)OC[C@@]1(OC(C)=O)C(=O)C=C[C@@H]1OC(C)=O. The minimum atomic E-state index is -1.83. The third-order valence-corrected chi connectivity index (χ3v) is 2.41. The average molecular weight is 270 g/mol. The van der Waals surface area contributed by atoms with Gasteiger partial charge in [-0.3, -0.25) is 19.2 Å². The first-order chi connectivity index (χ1) is 8.78. The molecule has 1 rings (SSSR count). The fraction of sp³-hybridized carbons (Fsp3) is 0.500. The molecule has 0 bridgehead atoms. The molecule has 0 amide bonds. The molecule has 7 heteroatoms. The predicted molar refractivity (Wildman–Crippen MR) is 60.8 cm³/mol. The van der Waals surface area contributed by atoms with Gasteiger partial charge in [0.25, 0.3) is 0 Å². The van der Waals surface area contributed by atoms with Crippen LogP contribution in [0.1, 0.15) is 20.8 Å². The summed E-state index contributed by atoms with van der Waals surface area (Å²) in [6.45, 7) is 2.90. The maximum absolute atomic E-state index is 11.9. The Morgan fingerprint density at radius 2 is 1.79 bits per heavy atom. The summed E-state index contributed by atoms with van der Waals surface area (Å²) in [6.07, 6.45) is 1.30. The van der Waals surface area contributed by atoms with Crippen LogP contribution in [0, 0.1) is 0 Å². The molecule has 1 aliphatic rings. The molecule has 104 valence electrons. The normalized spacial score (nSPS) is 25.0. The van der Waals surface area contributed by atoms with Crippen LogP contribution in [0.4, 0.5) is 0 Å². The largest absolute Gasteiger partial charge is 0.461 e. The number of rotatable bonds is 4. The van der Waals surface area contributed by atoms with Gasteiger partial charge in [-0.2, -0.15) is 0 Å². The molecule has 0 aromatic carbocycles. The minimum Gasteiger partial charge on any atom is -0.461 e. The Hall–Kier alpha value is -2.18. The standard InChI is InChI=1S/C12H14O7/c1-7(13)17-6-12(19-9(3)15)10(16)4-5-11(12)18-8(2)14/h4-5,11H,6H2,1-3H3/t11-,12+/m0/s1. The highest BCUT2D eigenvalue weighted by Gasteiger charge is 2.53. The first-order valence-electron chi connectivity index (χ1n) is 5.50. The zero-order valence-corrected chi connectivity index (χ0v) is 10.8. The second-order valence-corrected chi connectivity index (χ2v) is 4.02. The maximum Gasteiger partial charge on any atom is 0.303 e. The van der Waals surface area contributed by atoms with Crippen LogP contribution in [0.15, 0.2) is 12.2 Å². The third-order valence-electron chi connectivity index (χ3n) is 2.41. The quantitative estimate of drug-likeness (QED) is 0.520. The van der Waals surface area contributed by atoms with Gasteiger partial charge in [-0.05, 0) is 12.2 Å². The van der Waals surface area contributed by atoms with Crippen molar-refractivity contribution in [1.29, 1.82) is 0 Å². The van der Waals surface area contributed by atoms with Gasteiger partial charge in [0, 0.05) is 20.8 Å². The number of hydrogen-bond acceptors (Lipinski definition) is 7. The summed E-state index contributed by atoms with van der Waals surface area (Å²) in [7, 11) is 0. The third kappa shape index (κ3) is 3.40. The van der Waals surface area contributed by atoms with E-state index in [1.807, 2.05) is 0 Å². The summed E-state index contributed by atoms with van der Waals surface area (Å²) >= 11 is 0. The van der Waals surface area contributed by atoms with E-state index in [0.29, 0.717) is 0 Å². The molecule has 2 atom stereocenters. The van der Waals surface area contributed by atoms with Crippen LogP contribution in [0.3, 0.4) is 0 Å². The van der Waals surface area contributed by atoms with Gasteiger partial charge in [0.15, 0.2) is 6.10 Å². The second kappa shape index (κ2) is 5.64. The van der Waals surface area contributed by atoms with Gasteiger partial charge in [-0.25, -0.2) is 0 Å². The van der Waals surface area contributed by atoms with Crippen molar-refractivity contribution in [3.63, 3.8) is 0 Å². The minimum absolute atomic E-state index is 0.508. The molecular formula is C12H14O7. The highest BCUT2D eigenvalue weighted by Crippen LogP contribution is 2.29. The Kier molecular flexibility index (Phi) is 4.42. The molecule has 0 fully saturated rings. The molecule has 0 spiro atoms. The summed E-state index contributed by atoms with van der Waals surface area (Å²) in [5.41, 5.74) is -1.83. The van der Waals surface area contributed by atoms with E-state index >= 15 is 0 Å². The smallest absolute Gasteiger partial charge is 0.303 e. The van der Waals surface area contributed by atoms with Gasteiger partial charge in [-0.15, -0.1) is 0 Å². The molecule has 0 aliphatic heterocycles. The lowest BCUT2D eigenvalue weighted by Crippen LogP contribution is -2.53. The second-order valence-electron chi connectivity index (χ2n) is 4.02. The first-order valence-corrected chi connectivity index (χ1v) is 5.50. The number of carbonyl (C=O) groups is 4. The van der Waals surface area contributed by atoms with Crippen molar-refractivity contribution < 1.29 is 33.4 Å². The Morgan fingerprint density at radius 1 is 1.16 bits per heavy atom. The van der Waals surface area contributed by atoms with Gasteiger partial charge in [0.2, 0.25) is 11.4 Å². The molecule has 0 N–H and O–H groups in total. The Balaban J connectivity index is 3.03. The van der Waals surface area contributed by atoms with Crippen molar-refractivity contribution in [2.75, 3.05) is 6.61 Å². The van der Waals surface area contributed by atoms with Crippen molar-refractivity contribution in [3.05, 3.63) is 12.2 Å². The summed E-state index contributed by atoms with van der Waals surface area (Å²) < 4.78 is 14.6. The molecule has 0 unspecified atom stereocenters. The number of ketones is 1. The molecule has 0 heterocycles. The maximum atomic E-state index is 11.9. The molecule has 0 aromatic rings. The van der Waals surface area contributed by atoms with Gasteiger partial charge < -0.3 is 14.2 Å². The number of esters is 3. The number of carbonyl (C=O) groups excluding carboxylic acids is 4. The van der Waals surface area contributed by atoms with Crippen LogP contribution < -0.4 is 0 Å². The molecular weight excluding hydrogens is 256 g/mol. The van der Waals surface area contributed by atoms with E-state index in [-0.39, 0.29) is 0 Å². The van der Waals surface area contributed by atoms with E-state index in [0.717, 1.165) is 26.8 Å². The van der Waals surface area contributed by atoms with Crippen LogP contribution >= 0.6 is 0 Å². The van der Waals surface area contributed by atoms with E-state index < -0.39 is 42.0 Å². The Morgan fingerprint density at radius 3 is 2.26 bits per heavy atom. The molecule has 0 aromatic heterocycles. The van der Waals surface area contributed by atoms with E-state index in [9.17, 15) is 19.2 Å². The van der Waals surface area contributed by atoms with E-state index in [2.05, 4.69) is 0 Å². The molecule has 0 radical (unpaired) electrons. The van der Waals surface area contributed by atoms with Crippen LogP contribution in [0.2, 0.25) is 0 Å². The summed E-state index contributed by atoms with van der Waals surface area (Å²) in [4.78, 5) is 44.9. The monoisotopic (exact) mass is 270 g/mol. The van der Waals surface area contributed by atoms with Crippen LogP contribution in [0.5, 0.6) is 0 Å². The summed E-state index contributed by atoms with van der Waals surface area (Å²) in [5, 5.41) is 0. The van der Waals surface area contributed by atoms with Crippen molar-refractivity contribution in [1.82, 2.24) is 0 Å². The first kappa shape index (κ1) is 14.9. The fourth-order valence-electron chi connectivity index (χ4n) is 1.68. The van der Waals surface area contributed by atoms with Crippen molar-refractivity contribution >= 4 is 23.7 Å². The van der Waals surface area contributed by atoms with E-state index in [1.54, 1.807) is 0 Å². The van der Waals surface area contributed by atoms with Gasteiger partial charge in [0.05, 0.1) is 0 Å². The zero-order chi connectivity index (χ0) is 14.6. The molecule has 0 saturated heterocycles. The molecule has 19 heavy (non-hydrogen) atoms. The lowest BCUT2D eigenvalue weighted by Gasteiger charge is -2.31. The van der Waals surface area contributed by atoms with Crippen molar-refractivity contribution in [2.24, 2.45) is 0 Å². The predicted octanol–water partition coefficient (Wildman–Crippen LogP) is -0.0780. The summed E-state index contributed by atoms with van der Waals surface area (Å²) in [6, 6.07) is 0. The lowest BCUT2D eigenvalue weighted by atomic mass is 9.98. The van der Waals surface area contributed by atoms with Gasteiger partial charge in [0.1, 0.15) is 6.61 Å². The Labute approximate surface area is 109 Å². The van der Waals surface area contributed by atoms with E-state index in [1.165, 1.54) is 6.08 Å². The van der Waals surface area contributed by atoms with E-state index in [4.69, 9.17) is 14.2 Å². The molecule has 7 nitrogen and oxygen atoms in total. The highest BCUT2D eigenvalue weighted by molar-refractivity contribution is 6.02. The highest BCUT2D eigenvalue weighted by atomic mass is 16.6. The summed E-state index contributed by atoms with van der Waals surface area (Å²) in [5.74, 6) is -2.65. The van der Waals surface area contributed by atoms with Gasteiger partial charge in [-0.1, -0.05) is 0 Å². The fourth-order valence-corrected chi connectivity index (χ4v) is 1.68. The number of hydrogen-bond donors (Lipinski definition) is 0. The Bertz CT molecular complexity index is 451. The number of ether oxygens (including phenoxy) is 3. The average Bonchev–Trinajstić information content (AvgIpc) is 2.54. The topological polar surface area (TPSA) is 96.0 Å². The van der Waals surface area contributed by atoms with Crippen LogP contribution in [-0.2, 0) is 33.4 Å². The van der Waals surface area contributed by atoms with Crippen molar-refractivity contribution in [2.45, 2.75) is 32.5 Å². The van der Waals surface area contributed by atoms with Gasteiger partial charge >= 0.3 is 17.9 Å². The lowest BCUT2D eigenvalue weighted by molar-refractivity contribution is -0.189. The molecule has 1 aliphatic carbocycles. The van der Waals surface area contributed by atoms with Crippen LogP contribution in [0.25, 0.3) is 0 Å². The zero-order valence-electron chi connectivity index (χ0n) is 10.8. The van der Waals surface area contributed by atoms with Crippen LogP contribution in [-0.4, -0.2) is 42.0 Å². The van der Waals surface area contributed by atoms with Crippen molar-refractivity contribution in [3.8, 4) is 0 Å².